The van der Waals surface area contributed by atoms with Gasteiger partial charge in [-0.05, 0) is 37.5 Å². The first-order chi connectivity index (χ1) is 7.13. The molecule has 3 N–H and O–H groups in total. The molecule has 1 aromatic rings. The van der Waals surface area contributed by atoms with Gasteiger partial charge in [-0.3, -0.25) is 0 Å². The largest absolute Gasteiger partial charge is 0.508 e. The van der Waals surface area contributed by atoms with Gasteiger partial charge in [0.1, 0.15) is 5.75 Å². The van der Waals surface area contributed by atoms with Crippen LogP contribution in [0.1, 0.15) is 25.0 Å². The van der Waals surface area contributed by atoms with Crippen LogP contribution in [0, 0.1) is 0 Å². The van der Waals surface area contributed by atoms with E-state index in [4.69, 9.17) is 10.5 Å². The average molecular weight is 209 g/mol. The normalized spacial score (nSPS) is 12.7. The Balaban J connectivity index is 2.70. The summed E-state index contributed by atoms with van der Waals surface area (Å²) in [5.41, 5.74) is 7.56. The minimum Gasteiger partial charge on any atom is -0.508 e. The summed E-state index contributed by atoms with van der Waals surface area (Å²) in [6, 6.07) is 5.68. The quantitative estimate of drug-likeness (QED) is 0.777. The second kappa shape index (κ2) is 5.73. The van der Waals surface area contributed by atoms with Crippen molar-refractivity contribution < 1.29 is 9.84 Å². The van der Waals surface area contributed by atoms with Gasteiger partial charge >= 0.3 is 0 Å². The van der Waals surface area contributed by atoms with Gasteiger partial charge in [-0.2, -0.15) is 0 Å². The molecule has 0 aromatic heterocycles. The lowest BCUT2D eigenvalue weighted by Gasteiger charge is -2.09. The van der Waals surface area contributed by atoms with Crippen molar-refractivity contribution in [2.24, 2.45) is 5.73 Å². The van der Waals surface area contributed by atoms with Crippen LogP contribution in [0.25, 0.3) is 0 Å². The number of phenols is 1. The Morgan fingerprint density at radius 1 is 1.47 bits per heavy atom. The fourth-order valence-electron chi connectivity index (χ4n) is 1.44. The number of aromatic hydroxyl groups is 1. The number of phenolic OH excluding ortho intramolecular Hbond substituents is 1. The Morgan fingerprint density at radius 2 is 2.20 bits per heavy atom. The van der Waals surface area contributed by atoms with Crippen molar-refractivity contribution in [3.05, 3.63) is 29.3 Å². The van der Waals surface area contributed by atoms with E-state index in [0.29, 0.717) is 25.4 Å². The Hall–Kier alpha value is -1.06. The first kappa shape index (κ1) is 12.0. The monoisotopic (exact) mass is 209 g/mol. The second-order valence-corrected chi connectivity index (χ2v) is 3.78. The van der Waals surface area contributed by atoms with Crippen molar-refractivity contribution in [2.45, 2.75) is 32.9 Å². The SMILES string of the molecule is CCOCc1ccc(CC(C)N)c(O)c1. The summed E-state index contributed by atoms with van der Waals surface area (Å²) in [6.07, 6.45) is 0.695. The van der Waals surface area contributed by atoms with Gasteiger partial charge in [0.25, 0.3) is 0 Å². The van der Waals surface area contributed by atoms with Crippen LogP contribution in [0.3, 0.4) is 0 Å². The first-order valence-electron chi connectivity index (χ1n) is 5.27. The number of hydrogen-bond acceptors (Lipinski definition) is 3. The molecular weight excluding hydrogens is 190 g/mol. The third-order valence-electron chi connectivity index (χ3n) is 2.16. The molecule has 0 aliphatic heterocycles. The Labute approximate surface area is 90.9 Å². The highest BCUT2D eigenvalue weighted by Crippen LogP contribution is 2.20. The first-order valence-corrected chi connectivity index (χ1v) is 5.27. The van der Waals surface area contributed by atoms with E-state index in [9.17, 15) is 5.11 Å². The van der Waals surface area contributed by atoms with Crippen molar-refractivity contribution in [1.82, 2.24) is 0 Å². The molecule has 0 saturated heterocycles. The zero-order valence-electron chi connectivity index (χ0n) is 9.36. The summed E-state index contributed by atoms with van der Waals surface area (Å²) in [5, 5.41) is 9.73. The molecule has 0 fully saturated rings. The molecule has 84 valence electrons. The van der Waals surface area contributed by atoms with Gasteiger partial charge in [-0.15, -0.1) is 0 Å². The highest BCUT2D eigenvalue weighted by molar-refractivity contribution is 5.36. The number of rotatable bonds is 5. The number of nitrogens with two attached hydrogens (primary N) is 1. The zero-order valence-corrected chi connectivity index (χ0v) is 9.36. The predicted molar refractivity (Wildman–Crippen MR) is 60.8 cm³/mol. The zero-order chi connectivity index (χ0) is 11.3. The third kappa shape index (κ3) is 3.90. The molecule has 0 amide bonds. The van der Waals surface area contributed by atoms with Gasteiger partial charge in [-0.25, -0.2) is 0 Å². The van der Waals surface area contributed by atoms with Gasteiger partial charge < -0.3 is 15.6 Å². The minimum absolute atomic E-state index is 0.0636. The van der Waals surface area contributed by atoms with Crippen LogP contribution >= 0.6 is 0 Å². The third-order valence-corrected chi connectivity index (χ3v) is 2.16. The van der Waals surface area contributed by atoms with E-state index in [1.54, 1.807) is 6.07 Å². The standard InChI is InChI=1S/C12H19NO2/c1-3-15-8-10-4-5-11(6-9(2)13)12(14)7-10/h4-5,7,9,14H,3,6,8,13H2,1-2H3. The van der Waals surface area contributed by atoms with Crippen LogP contribution < -0.4 is 5.73 Å². The average Bonchev–Trinajstić information content (AvgIpc) is 2.18. The van der Waals surface area contributed by atoms with E-state index in [-0.39, 0.29) is 6.04 Å². The van der Waals surface area contributed by atoms with Crippen LogP contribution in [0.2, 0.25) is 0 Å². The summed E-state index contributed by atoms with van der Waals surface area (Å²) in [4.78, 5) is 0. The van der Waals surface area contributed by atoms with Crippen molar-refractivity contribution in [3.63, 3.8) is 0 Å². The molecule has 0 spiro atoms. The fourth-order valence-corrected chi connectivity index (χ4v) is 1.44. The van der Waals surface area contributed by atoms with E-state index in [0.717, 1.165) is 11.1 Å². The van der Waals surface area contributed by atoms with Crippen LogP contribution in [-0.2, 0) is 17.8 Å². The van der Waals surface area contributed by atoms with Crippen LogP contribution in [-0.4, -0.2) is 17.8 Å². The topological polar surface area (TPSA) is 55.5 Å². The molecule has 0 heterocycles. The Kier molecular flexibility index (Phi) is 4.59. The van der Waals surface area contributed by atoms with Crippen LogP contribution in [0.5, 0.6) is 5.75 Å². The Bertz CT molecular complexity index is 310. The fraction of sp³-hybridized carbons (Fsp3) is 0.500. The molecule has 3 nitrogen and oxygen atoms in total. The molecule has 0 aliphatic carbocycles. The minimum atomic E-state index is 0.0636. The van der Waals surface area contributed by atoms with Crippen molar-refractivity contribution in [1.29, 1.82) is 0 Å². The van der Waals surface area contributed by atoms with Crippen LogP contribution in [0.4, 0.5) is 0 Å². The summed E-state index contributed by atoms with van der Waals surface area (Å²) < 4.78 is 5.26. The van der Waals surface area contributed by atoms with Gasteiger partial charge in [0.2, 0.25) is 0 Å². The highest BCUT2D eigenvalue weighted by Gasteiger charge is 2.05. The van der Waals surface area contributed by atoms with Crippen molar-refractivity contribution >= 4 is 0 Å². The summed E-state index contributed by atoms with van der Waals surface area (Å²) in [5.74, 6) is 0.310. The van der Waals surface area contributed by atoms with Gasteiger partial charge in [0, 0.05) is 12.6 Å². The maximum atomic E-state index is 9.73. The maximum absolute atomic E-state index is 9.73. The molecule has 3 heteroatoms. The number of benzene rings is 1. The van der Waals surface area contributed by atoms with E-state index in [2.05, 4.69) is 0 Å². The van der Waals surface area contributed by atoms with Gasteiger partial charge in [0.05, 0.1) is 6.61 Å². The lowest BCUT2D eigenvalue weighted by Crippen LogP contribution is -2.17. The van der Waals surface area contributed by atoms with Gasteiger partial charge in [0.15, 0.2) is 0 Å². The van der Waals surface area contributed by atoms with Crippen molar-refractivity contribution in [2.75, 3.05) is 6.61 Å². The summed E-state index contributed by atoms with van der Waals surface area (Å²) >= 11 is 0. The molecule has 1 atom stereocenters. The van der Waals surface area contributed by atoms with Gasteiger partial charge in [-0.1, -0.05) is 12.1 Å². The number of ether oxygens (including phenoxy) is 1. The summed E-state index contributed by atoms with van der Waals surface area (Å²) in [7, 11) is 0. The lowest BCUT2D eigenvalue weighted by atomic mass is 10.0. The maximum Gasteiger partial charge on any atom is 0.119 e. The molecule has 0 bridgehead atoms. The molecule has 15 heavy (non-hydrogen) atoms. The molecule has 0 aliphatic rings. The van der Waals surface area contributed by atoms with E-state index in [1.165, 1.54) is 0 Å². The molecule has 1 unspecified atom stereocenters. The highest BCUT2D eigenvalue weighted by atomic mass is 16.5. The van der Waals surface area contributed by atoms with Crippen molar-refractivity contribution in [3.8, 4) is 5.75 Å². The van der Waals surface area contributed by atoms with E-state index < -0.39 is 0 Å². The molecular formula is C12H19NO2. The van der Waals surface area contributed by atoms with E-state index in [1.807, 2.05) is 26.0 Å². The van der Waals surface area contributed by atoms with Crippen LogP contribution in [0.15, 0.2) is 18.2 Å². The number of hydrogen-bond donors (Lipinski definition) is 2. The molecule has 1 rings (SSSR count). The predicted octanol–water partition coefficient (Wildman–Crippen LogP) is 1.82. The molecule has 1 aromatic carbocycles. The van der Waals surface area contributed by atoms with E-state index >= 15 is 0 Å². The Morgan fingerprint density at radius 3 is 2.73 bits per heavy atom. The second-order valence-electron chi connectivity index (χ2n) is 3.78. The molecule has 0 radical (unpaired) electrons. The smallest absolute Gasteiger partial charge is 0.119 e. The lowest BCUT2D eigenvalue weighted by molar-refractivity contribution is 0.134. The summed E-state index contributed by atoms with van der Waals surface area (Å²) in [6.45, 7) is 5.10. The molecule has 0 saturated carbocycles.